The molecule has 100 valence electrons. The van der Waals surface area contributed by atoms with Crippen LogP contribution in [-0.2, 0) is 4.74 Å². The van der Waals surface area contributed by atoms with Crippen molar-refractivity contribution < 1.29 is 9.53 Å². The van der Waals surface area contributed by atoms with Crippen molar-refractivity contribution in [3.63, 3.8) is 0 Å². The van der Waals surface area contributed by atoms with Crippen molar-refractivity contribution in [1.82, 2.24) is 14.8 Å². The number of pyridine rings is 1. The molecule has 0 saturated carbocycles. The first-order valence-corrected chi connectivity index (χ1v) is 6.95. The van der Waals surface area contributed by atoms with E-state index in [4.69, 9.17) is 10.5 Å². The summed E-state index contributed by atoms with van der Waals surface area (Å²) >= 11 is 6.69. The van der Waals surface area contributed by atoms with Gasteiger partial charge in [-0.2, -0.15) is 5.10 Å². The van der Waals surface area contributed by atoms with Crippen LogP contribution < -0.4 is 5.73 Å². The second-order valence-electron chi connectivity index (χ2n) is 3.56. The molecule has 0 aliphatic carbocycles. The Morgan fingerprint density at radius 2 is 2.26 bits per heavy atom. The summed E-state index contributed by atoms with van der Waals surface area (Å²) in [6, 6.07) is 1.82. The summed E-state index contributed by atoms with van der Waals surface area (Å²) in [5, 5.41) is 4.10. The molecular weight excluding hydrogens is 380 g/mol. The van der Waals surface area contributed by atoms with E-state index in [-0.39, 0.29) is 18.0 Å². The number of carbonyl (C=O) groups excluding carboxylic acids is 1. The highest BCUT2D eigenvalue weighted by Gasteiger charge is 2.18. The number of halogens is 2. The van der Waals surface area contributed by atoms with Gasteiger partial charge < -0.3 is 10.5 Å². The Bertz CT molecular complexity index is 627. The first-order valence-electron chi connectivity index (χ1n) is 5.36. The smallest absolute Gasteiger partial charge is 0.361 e. The molecule has 2 N–H and O–H groups in total. The quantitative estimate of drug-likeness (QED) is 0.815. The third-order valence-corrected chi connectivity index (χ3v) is 3.23. The number of ether oxygens (including phenoxy) is 1. The monoisotopic (exact) mass is 388 g/mol. The molecule has 0 unspecified atom stereocenters. The molecule has 0 spiro atoms. The molecule has 0 bridgehead atoms. The molecule has 0 aliphatic heterocycles. The van der Waals surface area contributed by atoms with Gasteiger partial charge in [0.25, 0.3) is 0 Å². The zero-order chi connectivity index (χ0) is 14.0. The van der Waals surface area contributed by atoms with Crippen molar-refractivity contribution in [3.05, 3.63) is 33.1 Å². The van der Waals surface area contributed by atoms with Crippen molar-refractivity contribution in [2.45, 2.75) is 6.92 Å². The number of esters is 1. The van der Waals surface area contributed by atoms with E-state index in [0.29, 0.717) is 5.82 Å². The maximum atomic E-state index is 11.6. The van der Waals surface area contributed by atoms with Gasteiger partial charge in [-0.1, -0.05) is 0 Å². The van der Waals surface area contributed by atoms with E-state index in [0.717, 1.165) is 8.95 Å². The Balaban J connectivity index is 2.42. The predicted octanol–water partition coefficient (Wildman–Crippen LogP) is 2.55. The highest BCUT2D eigenvalue weighted by atomic mass is 79.9. The zero-order valence-electron chi connectivity index (χ0n) is 9.93. The number of carbonyl (C=O) groups is 1. The molecule has 2 aromatic heterocycles. The Morgan fingerprint density at radius 1 is 1.53 bits per heavy atom. The average Bonchev–Trinajstić information content (AvgIpc) is 2.71. The van der Waals surface area contributed by atoms with E-state index < -0.39 is 5.97 Å². The van der Waals surface area contributed by atoms with Crippen LogP contribution in [0.15, 0.2) is 27.4 Å². The lowest BCUT2D eigenvalue weighted by atomic mass is 10.4. The lowest BCUT2D eigenvalue weighted by Gasteiger charge is -2.03. The number of rotatable bonds is 3. The third kappa shape index (κ3) is 2.95. The summed E-state index contributed by atoms with van der Waals surface area (Å²) in [6.07, 6.45) is 3.15. The Kier molecular flexibility index (Phi) is 4.20. The topological polar surface area (TPSA) is 83.0 Å². The maximum absolute atomic E-state index is 11.6. The highest BCUT2D eigenvalue weighted by molar-refractivity contribution is 9.11. The Morgan fingerprint density at radius 3 is 2.89 bits per heavy atom. The number of nitrogens with two attached hydrogens (primary N) is 1. The van der Waals surface area contributed by atoms with Gasteiger partial charge in [-0.25, -0.2) is 14.5 Å². The van der Waals surface area contributed by atoms with E-state index >= 15 is 0 Å². The van der Waals surface area contributed by atoms with E-state index in [1.165, 1.54) is 10.9 Å². The van der Waals surface area contributed by atoms with Gasteiger partial charge >= 0.3 is 5.97 Å². The minimum Gasteiger partial charge on any atom is -0.461 e. The molecule has 19 heavy (non-hydrogen) atoms. The van der Waals surface area contributed by atoms with Crippen molar-refractivity contribution in [2.24, 2.45) is 0 Å². The van der Waals surface area contributed by atoms with Gasteiger partial charge in [0.1, 0.15) is 0 Å². The van der Waals surface area contributed by atoms with Gasteiger partial charge in [0, 0.05) is 10.7 Å². The number of hydrogen-bond acceptors (Lipinski definition) is 5. The van der Waals surface area contributed by atoms with Crippen LogP contribution in [-0.4, -0.2) is 27.3 Å². The Labute approximate surface area is 126 Å². The van der Waals surface area contributed by atoms with Crippen LogP contribution in [0.4, 0.5) is 5.69 Å². The molecule has 0 atom stereocenters. The first-order chi connectivity index (χ1) is 9.02. The van der Waals surface area contributed by atoms with Crippen molar-refractivity contribution in [2.75, 3.05) is 12.3 Å². The van der Waals surface area contributed by atoms with Crippen molar-refractivity contribution in [3.8, 4) is 5.82 Å². The van der Waals surface area contributed by atoms with Gasteiger partial charge in [0.15, 0.2) is 11.5 Å². The fourth-order valence-corrected chi connectivity index (χ4v) is 2.60. The second-order valence-corrected chi connectivity index (χ2v) is 5.33. The molecule has 2 aromatic rings. The SMILES string of the molecule is CCOC(=O)c1nn(-c2ncc(Br)cc2Br)cc1N. The van der Waals surface area contributed by atoms with Crippen LogP contribution in [0.5, 0.6) is 0 Å². The largest absolute Gasteiger partial charge is 0.461 e. The fourth-order valence-electron chi connectivity index (χ4n) is 1.43. The highest BCUT2D eigenvalue weighted by Crippen LogP contribution is 2.23. The molecule has 0 aromatic carbocycles. The van der Waals surface area contributed by atoms with Crippen LogP contribution in [0, 0.1) is 0 Å². The molecule has 0 aliphatic rings. The molecule has 0 radical (unpaired) electrons. The molecule has 0 fully saturated rings. The van der Waals surface area contributed by atoms with Crippen LogP contribution >= 0.6 is 31.9 Å². The van der Waals surface area contributed by atoms with E-state index in [1.54, 1.807) is 13.1 Å². The third-order valence-electron chi connectivity index (χ3n) is 2.22. The molecular formula is C11H10Br2N4O2. The summed E-state index contributed by atoms with van der Waals surface area (Å²) in [6.45, 7) is 1.99. The summed E-state index contributed by atoms with van der Waals surface area (Å²) < 4.78 is 7.85. The molecule has 0 saturated heterocycles. The van der Waals surface area contributed by atoms with Crippen LogP contribution in [0.2, 0.25) is 0 Å². The summed E-state index contributed by atoms with van der Waals surface area (Å²) in [5.74, 6) is -0.0163. The number of anilines is 1. The van der Waals surface area contributed by atoms with Crippen molar-refractivity contribution >= 4 is 43.5 Å². The fraction of sp³-hybridized carbons (Fsp3) is 0.182. The first kappa shape index (κ1) is 14.0. The minimum atomic E-state index is -0.549. The number of hydrogen-bond donors (Lipinski definition) is 1. The van der Waals surface area contributed by atoms with Gasteiger partial charge in [-0.15, -0.1) is 0 Å². The summed E-state index contributed by atoms with van der Waals surface area (Å²) in [7, 11) is 0. The zero-order valence-corrected chi connectivity index (χ0v) is 13.1. The minimum absolute atomic E-state index is 0.0819. The molecule has 8 heteroatoms. The number of nitrogen functional groups attached to an aromatic ring is 1. The van der Waals surface area contributed by atoms with E-state index in [2.05, 4.69) is 41.9 Å². The maximum Gasteiger partial charge on any atom is 0.361 e. The number of nitrogens with zero attached hydrogens (tertiary/aromatic N) is 3. The molecule has 6 nitrogen and oxygen atoms in total. The van der Waals surface area contributed by atoms with E-state index in [1.807, 2.05) is 6.07 Å². The molecule has 2 rings (SSSR count). The van der Waals surface area contributed by atoms with Gasteiger partial charge in [0.05, 0.1) is 23.0 Å². The molecule has 0 amide bonds. The summed E-state index contributed by atoms with van der Waals surface area (Å²) in [5.41, 5.74) is 6.08. The van der Waals surface area contributed by atoms with Gasteiger partial charge in [-0.05, 0) is 44.8 Å². The normalized spacial score (nSPS) is 10.5. The van der Waals surface area contributed by atoms with Crippen LogP contribution in [0.3, 0.4) is 0 Å². The van der Waals surface area contributed by atoms with Gasteiger partial charge in [0.2, 0.25) is 0 Å². The van der Waals surface area contributed by atoms with Gasteiger partial charge in [-0.3, -0.25) is 0 Å². The van der Waals surface area contributed by atoms with E-state index in [9.17, 15) is 4.79 Å². The van der Waals surface area contributed by atoms with Crippen LogP contribution in [0.25, 0.3) is 5.82 Å². The van der Waals surface area contributed by atoms with Crippen LogP contribution in [0.1, 0.15) is 17.4 Å². The predicted molar refractivity (Wildman–Crippen MR) is 77.1 cm³/mol. The lowest BCUT2D eigenvalue weighted by molar-refractivity contribution is 0.0520. The number of aromatic nitrogens is 3. The standard InChI is InChI=1S/C11H10Br2N4O2/c1-2-19-11(18)9-8(14)5-17(16-9)10-7(13)3-6(12)4-15-10/h3-5H,2,14H2,1H3. The second kappa shape index (κ2) is 5.70. The average molecular weight is 390 g/mol. The molecule has 2 heterocycles. The van der Waals surface area contributed by atoms with Crippen molar-refractivity contribution in [1.29, 1.82) is 0 Å². The Hall–Kier alpha value is -1.41. The lowest BCUT2D eigenvalue weighted by Crippen LogP contribution is -2.08. The summed E-state index contributed by atoms with van der Waals surface area (Å²) in [4.78, 5) is 15.8.